The van der Waals surface area contributed by atoms with Gasteiger partial charge in [-0.15, -0.1) is 0 Å². The zero-order valence-electron chi connectivity index (χ0n) is 9.86. The highest BCUT2D eigenvalue weighted by molar-refractivity contribution is 6.32. The number of nitrogens with two attached hydrogens (primary N) is 1. The first kappa shape index (κ1) is 11.4. The molecule has 2 fully saturated rings. The molecule has 0 bridgehead atoms. The molecular formula is C12H18ClN3O. The molecule has 1 aliphatic carbocycles. The number of nitrogen functional groups attached to an aromatic ring is 1. The Morgan fingerprint density at radius 2 is 2.24 bits per heavy atom. The van der Waals surface area contributed by atoms with Gasteiger partial charge in [-0.05, 0) is 25.7 Å². The maximum Gasteiger partial charge on any atom is 0.164 e. The van der Waals surface area contributed by atoms with Gasteiger partial charge in [0.05, 0.1) is 18.2 Å². The van der Waals surface area contributed by atoms with Crippen LogP contribution in [0.4, 0.5) is 5.82 Å². The summed E-state index contributed by atoms with van der Waals surface area (Å²) in [5, 5.41) is 4.70. The molecule has 1 unspecified atom stereocenters. The highest BCUT2D eigenvalue weighted by Gasteiger charge is 2.42. The zero-order chi connectivity index (χ0) is 11.9. The van der Waals surface area contributed by atoms with E-state index >= 15 is 0 Å². The van der Waals surface area contributed by atoms with Gasteiger partial charge in [-0.25, -0.2) is 0 Å². The van der Waals surface area contributed by atoms with Gasteiger partial charge in [-0.3, -0.25) is 4.68 Å². The van der Waals surface area contributed by atoms with Crippen molar-refractivity contribution < 1.29 is 4.74 Å². The SMILES string of the molecule is Nc1nn(CC2CCC3(CCCC3)O2)cc1Cl. The van der Waals surface area contributed by atoms with Gasteiger partial charge in [0, 0.05) is 6.20 Å². The van der Waals surface area contributed by atoms with Gasteiger partial charge in [0.1, 0.15) is 5.02 Å². The van der Waals surface area contributed by atoms with E-state index in [0.717, 1.165) is 13.0 Å². The van der Waals surface area contributed by atoms with Crippen LogP contribution < -0.4 is 5.73 Å². The standard InChI is InChI=1S/C12H18ClN3O/c13-10-8-16(15-11(10)14)7-9-3-6-12(17-9)4-1-2-5-12/h8-9H,1-7H2,(H2,14,15). The largest absolute Gasteiger partial charge is 0.381 e. The van der Waals surface area contributed by atoms with Crippen molar-refractivity contribution in [2.45, 2.75) is 56.8 Å². The van der Waals surface area contributed by atoms with Crippen molar-refractivity contribution in [2.75, 3.05) is 5.73 Å². The van der Waals surface area contributed by atoms with Crippen LogP contribution in [0.3, 0.4) is 0 Å². The molecule has 0 radical (unpaired) electrons. The van der Waals surface area contributed by atoms with E-state index < -0.39 is 0 Å². The summed E-state index contributed by atoms with van der Waals surface area (Å²) < 4.78 is 8.02. The number of rotatable bonds is 2. The molecule has 3 rings (SSSR count). The van der Waals surface area contributed by atoms with E-state index in [9.17, 15) is 0 Å². The van der Waals surface area contributed by atoms with E-state index in [1.54, 1.807) is 10.9 Å². The Hall–Kier alpha value is -0.740. The number of ether oxygens (including phenoxy) is 1. The number of aromatic nitrogens is 2. The van der Waals surface area contributed by atoms with Crippen LogP contribution >= 0.6 is 11.6 Å². The van der Waals surface area contributed by atoms with Crippen molar-refractivity contribution in [1.82, 2.24) is 9.78 Å². The van der Waals surface area contributed by atoms with Crippen LogP contribution in [0.25, 0.3) is 0 Å². The smallest absolute Gasteiger partial charge is 0.164 e. The Bertz CT molecular complexity index is 392. The fourth-order valence-electron chi connectivity index (χ4n) is 3.13. The van der Waals surface area contributed by atoms with E-state index in [2.05, 4.69) is 5.10 Å². The van der Waals surface area contributed by atoms with Gasteiger partial charge >= 0.3 is 0 Å². The average Bonchev–Trinajstić information content (AvgIpc) is 2.96. The minimum absolute atomic E-state index is 0.188. The summed E-state index contributed by atoms with van der Waals surface area (Å²) in [6.07, 6.45) is 9.44. The van der Waals surface area contributed by atoms with Gasteiger partial charge < -0.3 is 10.5 Å². The summed E-state index contributed by atoms with van der Waals surface area (Å²) in [5.41, 5.74) is 5.81. The number of halogens is 1. The normalized spacial score (nSPS) is 27.0. The van der Waals surface area contributed by atoms with Gasteiger partial charge in [-0.2, -0.15) is 5.10 Å². The summed E-state index contributed by atoms with van der Waals surface area (Å²) in [7, 11) is 0. The molecule has 1 atom stereocenters. The highest BCUT2D eigenvalue weighted by atomic mass is 35.5. The highest BCUT2D eigenvalue weighted by Crippen LogP contribution is 2.43. The van der Waals surface area contributed by atoms with Gasteiger partial charge in [0.15, 0.2) is 5.82 Å². The third kappa shape index (κ3) is 2.16. The second-order valence-corrected chi connectivity index (χ2v) is 5.66. The van der Waals surface area contributed by atoms with Crippen LogP contribution in [0.5, 0.6) is 0 Å². The van der Waals surface area contributed by atoms with Crippen molar-refractivity contribution in [3.8, 4) is 0 Å². The van der Waals surface area contributed by atoms with Crippen molar-refractivity contribution in [2.24, 2.45) is 0 Å². The van der Waals surface area contributed by atoms with Gasteiger partial charge in [0.25, 0.3) is 0 Å². The van der Waals surface area contributed by atoms with Crippen LogP contribution in [0.1, 0.15) is 38.5 Å². The van der Waals surface area contributed by atoms with Crippen LogP contribution in [0.15, 0.2) is 6.20 Å². The Morgan fingerprint density at radius 1 is 1.47 bits per heavy atom. The lowest BCUT2D eigenvalue weighted by atomic mass is 9.98. The lowest BCUT2D eigenvalue weighted by Crippen LogP contribution is -2.26. The second-order valence-electron chi connectivity index (χ2n) is 5.25. The number of hydrogen-bond acceptors (Lipinski definition) is 3. The molecule has 1 aromatic rings. The molecule has 5 heteroatoms. The third-order valence-electron chi connectivity index (χ3n) is 3.99. The number of nitrogens with zero attached hydrogens (tertiary/aromatic N) is 2. The lowest BCUT2D eigenvalue weighted by molar-refractivity contribution is -0.0428. The summed E-state index contributed by atoms with van der Waals surface area (Å²) in [5.74, 6) is 0.403. The summed E-state index contributed by atoms with van der Waals surface area (Å²) >= 11 is 5.89. The topological polar surface area (TPSA) is 53.1 Å². The third-order valence-corrected chi connectivity index (χ3v) is 4.28. The second kappa shape index (κ2) is 4.18. The molecule has 2 heterocycles. The Balaban J connectivity index is 1.63. The molecular weight excluding hydrogens is 238 g/mol. The first-order valence-corrected chi connectivity index (χ1v) is 6.71. The predicted molar refractivity (Wildman–Crippen MR) is 67.0 cm³/mol. The van der Waals surface area contributed by atoms with Gasteiger partial charge in [0.2, 0.25) is 0 Å². The Labute approximate surface area is 106 Å². The molecule has 1 spiro atoms. The summed E-state index contributed by atoms with van der Waals surface area (Å²) in [6.45, 7) is 0.763. The van der Waals surface area contributed by atoms with Crippen LogP contribution in [0, 0.1) is 0 Å². The fraction of sp³-hybridized carbons (Fsp3) is 0.750. The molecule has 2 aliphatic rings. The Morgan fingerprint density at radius 3 is 2.88 bits per heavy atom. The van der Waals surface area contributed by atoms with E-state index in [0.29, 0.717) is 10.8 Å². The van der Waals surface area contributed by atoms with E-state index in [1.165, 1.54) is 32.1 Å². The maximum atomic E-state index is 6.22. The zero-order valence-corrected chi connectivity index (χ0v) is 10.6. The molecule has 0 aromatic carbocycles. The average molecular weight is 256 g/mol. The molecule has 1 aromatic heterocycles. The van der Waals surface area contributed by atoms with Gasteiger partial charge in [-0.1, -0.05) is 24.4 Å². The molecule has 1 aliphatic heterocycles. The van der Waals surface area contributed by atoms with Crippen molar-refractivity contribution in [1.29, 1.82) is 0 Å². The minimum atomic E-state index is 0.188. The minimum Gasteiger partial charge on any atom is -0.381 e. The van der Waals surface area contributed by atoms with E-state index in [-0.39, 0.29) is 11.7 Å². The van der Waals surface area contributed by atoms with Crippen molar-refractivity contribution >= 4 is 17.4 Å². The van der Waals surface area contributed by atoms with E-state index in [4.69, 9.17) is 22.1 Å². The first-order chi connectivity index (χ1) is 8.17. The first-order valence-electron chi connectivity index (χ1n) is 6.33. The number of hydrogen-bond donors (Lipinski definition) is 1. The lowest BCUT2D eigenvalue weighted by Gasteiger charge is -2.23. The molecule has 1 saturated carbocycles. The maximum absolute atomic E-state index is 6.22. The van der Waals surface area contributed by atoms with E-state index in [1.807, 2.05) is 0 Å². The summed E-state index contributed by atoms with van der Waals surface area (Å²) in [6, 6.07) is 0. The molecule has 94 valence electrons. The van der Waals surface area contributed by atoms with Crippen molar-refractivity contribution in [3.05, 3.63) is 11.2 Å². The monoisotopic (exact) mass is 255 g/mol. The summed E-state index contributed by atoms with van der Waals surface area (Å²) in [4.78, 5) is 0. The fourth-order valence-corrected chi connectivity index (χ4v) is 3.28. The number of anilines is 1. The molecule has 17 heavy (non-hydrogen) atoms. The predicted octanol–water partition coefficient (Wildman–Crippen LogP) is 2.61. The molecule has 4 nitrogen and oxygen atoms in total. The quantitative estimate of drug-likeness (QED) is 0.884. The van der Waals surface area contributed by atoms with Crippen LogP contribution in [-0.4, -0.2) is 21.5 Å². The Kier molecular flexibility index (Phi) is 2.79. The van der Waals surface area contributed by atoms with Crippen LogP contribution in [0.2, 0.25) is 5.02 Å². The molecule has 0 amide bonds. The molecule has 2 N–H and O–H groups in total. The molecule has 1 saturated heterocycles. The van der Waals surface area contributed by atoms with Crippen LogP contribution in [-0.2, 0) is 11.3 Å². The van der Waals surface area contributed by atoms with Crippen molar-refractivity contribution in [3.63, 3.8) is 0 Å².